The summed E-state index contributed by atoms with van der Waals surface area (Å²) in [5, 5.41) is 0. The molecule has 3 heteroatoms. The summed E-state index contributed by atoms with van der Waals surface area (Å²) in [5.74, 6) is -0.434. The number of unbranched alkanes of at least 4 members (excludes halogenated alkanes) is 15. The van der Waals surface area contributed by atoms with E-state index in [9.17, 15) is 4.79 Å². The number of rotatable bonds is 20. The Morgan fingerprint density at radius 3 is 1.50 bits per heavy atom. The van der Waals surface area contributed by atoms with Crippen LogP contribution in [0.15, 0.2) is 54.6 Å². The first-order valence-corrected chi connectivity index (χ1v) is 13.8. The zero-order valence-electron chi connectivity index (χ0n) is 21.4. The van der Waals surface area contributed by atoms with Gasteiger partial charge in [0, 0.05) is 0 Å². The quantitative estimate of drug-likeness (QED) is 0.111. The van der Waals surface area contributed by atoms with E-state index >= 15 is 0 Å². The Bertz CT molecular complexity index is 739. The molecule has 0 aliphatic rings. The van der Waals surface area contributed by atoms with Crippen LogP contribution in [0.3, 0.4) is 0 Å². The van der Waals surface area contributed by atoms with Crippen LogP contribution in [0.2, 0.25) is 0 Å². The van der Waals surface area contributed by atoms with Crippen LogP contribution >= 0.6 is 0 Å². The fourth-order valence-corrected chi connectivity index (χ4v) is 4.28. The summed E-state index contributed by atoms with van der Waals surface area (Å²) in [6.07, 6.45) is 21.4. The Labute approximate surface area is 208 Å². The molecule has 0 aromatic heterocycles. The van der Waals surface area contributed by atoms with Gasteiger partial charge in [0.25, 0.3) is 0 Å². The van der Waals surface area contributed by atoms with Crippen LogP contribution < -0.4 is 0 Å². The van der Waals surface area contributed by atoms with E-state index < -0.39 is 5.97 Å². The molecule has 0 fully saturated rings. The summed E-state index contributed by atoms with van der Waals surface area (Å²) >= 11 is 0. The van der Waals surface area contributed by atoms with Crippen LogP contribution in [0, 0.1) is 0 Å². The van der Waals surface area contributed by atoms with E-state index in [0.29, 0.717) is 12.2 Å². The van der Waals surface area contributed by atoms with Gasteiger partial charge in [0.1, 0.15) is 0 Å². The Kier molecular flexibility index (Phi) is 15.9. The molecule has 0 unspecified atom stereocenters. The minimum atomic E-state index is -0.434. The molecule has 0 aliphatic carbocycles. The average molecular weight is 467 g/mol. The van der Waals surface area contributed by atoms with Crippen molar-refractivity contribution in [1.29, 1.82) is 0 Å². The first-order chi connectivity index (χ1) is 16.8. The minimum absolute atomic E-state index is 0.434. The van der Waals surface area contributed by atoms with Crippen molar-refractivity contribution in [3.05, 3.63) is 60.2 Å². The molecule has 0 atom stereocenters. The fourth-order valence-electron chi connectivity index (χ4n) is 4.28. The van der Waals surface area contributed by atoms with Crippen molar-refractivity contribution in [1.82, 2.24) is 0 Å². The lowest BCUT2D eigenvalue weighted by Gasteiger charge is -2.06. The van der Waals surface area contributed by atoms with Crippen LogP contribution in [-0.2, 0) is 9.78 Å². The average Bonchev–Trinajstić information content (AvgIpc) is 2.88. The van der Waals surface area contributed by atoms with Gasteiger partial charge in [-0.2, -0.15) is 4.89 Å². The van der Waals surface area contributed by atoms with Crippen molar-refractivity contribution in [2.75, 3.05) is 6.61 Å². The Balaban J connectivity index is 1.37. The van der Waals surface area contributed by atoms with E-state index in [-0.39, 0.29) is 0 Å². The van der Waals surface area contributed by atoms with Gasteiger partial charge >= 0.3 is 5.97 Å². The number of benzene rings is 2. The number of carbonyl (C=O) groups is 1. The fraction of sp³-hybridized carbons (Fsp3) is 0.581. The van der Waals surface area contributed by atoms with Gasteiger partial charge < -0.3 is 0 Å². The SMILES string of the molecule is CCCCCCCCCCCCCCCCCCOOC(=O)c1ccc(-c2ccccc2)cc1. The highest BCUT2D eigenvalue weighted by atomic mass is 17.2. The van der Waals surface area contributed by atoms with Crippen LogP contribution in [0.25, 0.3) is 11.1 Å². The number of hydrogen-bond acceptors (Lipinski definition) is 3. The zero-order valence-corrected chi connectivity index (χ0v) is 21.4. The second kappa shape index (κ2) is 19.2. The van der Waals surface area contributed by atoms with Gasteiger partial charge in [-0.3, -0.25) is 4.89 Å². The third kappa shape index (κ3) is 12.9. The normalized spacial score (nSPS) is 11.0. The van der Waals surface area contributed by atoms with Crippen molar-refractivity contribution in [3.8, 4) is 11.1 Å². The lowest BCUT2D eigenvalue weighted by atomic mass is 10.0. The molecule has 0 amide bonds. The molecule has 2 rings (SSSR count). The second-order valence-electron chi connectivity index (χ2n) is 9.44. The Hall–Kier alpha value is -2.13. The van der Waals surface area contributed by atoms with E-state index in [1.807, 2.05) is 30.3 Å². The topological polar surface area (TPSA) is 35.5 Å². The summed E-state index contributed by atoms with van der Waals surface area (Å²) in [4.78, 5) is 22.2. The molecule has 34 heavy (non-hydrogen) atoms. The molecular formula is C31H46O3. The third-order valence-electron chi connectivity index (χ3n) is 6.44. The van der Waals surface area contributed by atoms with Crippen molar-refractivity contribution in [3.63, 3.8) is 0 Å². The summed E-state index contributed by atoms with van der Waals surface area (Å²) < 4.78 is 0. The maximum absolute atomic E-state index is 12.1. The monoisotopic (exact) mass is 466 g/mol. The smallest absolute Gasteiger partial charge is 0.293 e. The highest BCUT2D eigenvalue weighted by Crippen LogP contribution is 2.19. The number of carbonyl (C=O) groups excluding carboxylic acids is 1. The van der Waals surface area contributed by atoms with Crippen LogP contribution in [-0.4, -0.2) is 12.6 Å². The van der Waals surface area contributed by atoms with Crippen molar-refractivity contribution >= 4 is 5.97 Å². The van der Waals surface area contributed by atoms with Crippen molar-refractivity contribution < 1.29 is 14.6 Å². The van der Waals surface area contributed by atoms with Gasteiger partial charge in [0.05, 0.1) is 12.2 Å². The second-order valence-corrected chi connectivity index (χ2v) is 9.44. The van der Waals surface area contributed by atoms with Crippen molar-refractivity contribution in [2.24, 2.45) is 0 Å². The molecular weight excluding hydrogens is 420 g/mol. The summed E-state index contributed by atoms with van der Waals surface area (Å²) in [6.45, 7) is 2.74. The molecule has 0 saturated heterocycles. The molecule has 0 spiro atoms. The molecule has 0 heterocycles. The Morgan fingerprint density at radius 2 is 1.00 bits per heavy atom. The largest absolute Gasteiger partial charge is 0.373 e. The van der Waals surface area contributed by atoms with Gasteiger partial charge in [-0.15, -0.1) is 0 Å². The van der Waals surface area contributed by atoms with Gasteiger partial charge in [0.15, 0.2) is 0 Å². The minimum Gasteiger partial charge on any atom is -0.293 e. The molecule has 2 aromatic carbocycles. The first kappa shape index (κ1) is 28.1. The Morgan fingerprint density at radius 1 is 0.559 bits per heavy atom. The molecule has 0 aliphatic heterocycles. The molecule has 0 radical (unpaired) electrons. The van der Waals surface area contributed by atoms with E-state index in [1.165, 1.54) is 89.9 Å². The standard InChI is InChI=1S/C31H46O3/c1-2-3-4-5-6-7-8-9-10-11-12-13-14-15-16-20-27-33-34-31(32)30-25-23-29(24-26-30)28-21-18-17-19-22-28/h17-19,21-26H,2-16,20,27H2,1H3. The molecule has 188 valence electrons. The molecule has 0 bridgehead atoms. The maximum atomic E-state index is 12.1. The van der Waals surface area contributed by atoms with E-state index in [0.717, 1.165) is 24.0 Å². The predicted octanol–water partition coefficient (Wildman–Crippen LogP) is 9.70. The zero-order chi connectivity index (χ0) is 24.1. The third-order valence-corrected chi connectivity index (χ3v) is 6.44. The lowest BCUT2D eigenvalue weighted by Crippen LogP contribution is -2.07. The molecule has 0 N–H and O–H groups in total. The van der Waals surface area contributed by atoms with Crippen molar-refractivity contribution in [2.45, 2.75) is 110 Å². The lowest BCUT2D eigenvalue weighted by molar-refractivity contribution is -0.241. The predicted molar refractivity (Wildman–Crippen MR) is 143 cm³/mol. The van der Waals surface area contributed by atoms with E-state index in [2.05, 4.69) is 19.1 Å². The molecule has 3 nitrogen and oxygen atoms in total. The van der Waals surface area contributed by atoms with E-state index in [4.69, 9.17) is 9.78 Å². The van der Waals surface area contributed by atoms with Gasteiger partial charge in [-0.1, -0.05) is 146 Å². The van der Waals surface area contributed by atoms with Crippen LogP contribution in [0.4, 0.5) is 0 Å². The highest BCUT2D eigenvalue weighted by Gasteiger charge is 2.08. The maximum Gasteiger partial charge on any atom is 0.373 e. The molecule has 0 saturated carbocycles. The first-order valence-electron chi connectivity index (χ1n) is 13.8. The van der Waals surface area contributed by atoms with Gasteiger partial charge in [0.2, 0.25) is 0 Å². The summed E-state index contributed by atoms with van der Waals surface area (Å²) in [6, 6.07) is 17.5. The van der Waals surface area contributed by atoms with Gasteiger partial charge in [-0.25, -0.2) is 4.79 Å². The van der Waals surface area contributed by atoms with Crippen LogP contribution in [0.5, 0.6) is 0 Å². The highest BCUT2D eigenvalue weighted by molar-refractivity contribution is 5.89. The summed E-state index contributed by atoms with van der Waals surface area (Å²) in [7, 11) is 0. The van der Waals surface area contributed by atoms with E-state index in [1.54, 1.807) is 12.1 Å². The molecule has 2 aromatic rings. The van der Waals surface area contributed by atoms with Gasteiger partial charge in [-0.05, 0) is 29.7 Å². The van der Waals surface area contributed by atoms with Crippen LogP contribution in [0.1, 0.15) is 120 Å². The number of hydrogen-bond donors (Lipinski definition) is 0. The summed E-state index contributed by atoms with van der Waals surface area (Å²) in [5.41, 5.74) is 2.71.